The van der Waals surface area contributed by atoms with Gasteiger partial charge in [-0.05, 0) is 18.1 Å². The highest BCUT2D eigenvalue weighted by atomic mass is 16.5. The molecular formula is C23H26N2O2. The molecule has 27 heavy (non-hydrogen) atoms. The number of ether oxygens (including phenoxy) is 1. The van der Waals surface area contributed by atoms with E-state index >= 15 is 0 Å². The summed E-state index contributed by atoms with van der Waals surface area (Å²) in [6, 6.07) is 18.5. The lowest BCUT2D eigenvalue weighted by atomic mass is 10.1. The van der Waals surface area contributed by atoms with E-state index in [-0.39, 0.29) is 0 Å². The van der Waals surface area contributed by atoms with Crippen LogP contribution in [-0.4, -0.2) is 27.9 Å². The Morgan fingerprint density at radius 1 is 1.15 bits per heavy atom. The average Bonchev–Trinajstić information content (AvgIpc) is 3.04. The summed E-state index contributed by atoms with van der Waals surface area (Å²) in [5, 5.41) is 9.99. The summed E-state index contributed by atoms with van der Waals surface area (Å²) in [6.45, 7) is 6.41. The first-order chi connectivity index (χ1) is 13.1. The van der Waals surface area contributed by atoms with Gasteiger partial charge in [0.25, 0.3) is 0 Å². The molecule has 4 nitrogen and oxygen atoms in total. The minimum atomic E-state index is -0.431. The van der Waals surface area contributed by atoms with Crippen LogP contribution in [0.25, 0.3) is 11.3 Å². The van der Waals surface area contributed by atoms with E-state index < -0.39 is 6.10 Å². The van der Waals surface area contributed by atoms with Crippen molar-refractivity contribution in [3.63, 3.8) is 0 Å². The zero-order valence-electron chi connectivity index (χ0n) is 15.9. The van der Waals surface area contributed by atoms with Crippen LogP contribution in [0.2, 0.25) is 0 Å². The highest BCUT2D eigenvalue weighted by Gasteiger charge is 2.15. The summed E-state index contributed by atoms with van der Waals surface area (Å²) in [5.41, 5.74) is 5.39. The van der Waals surface area contributed by atoms with Crippen LogP contribution >= 0.6 is 0 Å². The van der Waals surface area contributed by atoms with Crippen LogP contribution in [0.5, 0.6) is 0 Å². The first kappa shape index (κ1) is 18.9. The van der Waals surface area contributed by atoms with Gasteiger partial charge in [-0.1, -0.05) is 61.2 Å². The Bertz CT molecular complexity index is 898. The molecule has 0 radical (unpaired) electrons. The van der Waals surface area contributed by atoms with E-state index in [4.69, 9.17) is 4.74 Å². The Kier molecular flexibility index (Phi) is 6.09. The topological polar surface area (TPSA) is 47.3 Å². The lowest BCUT2D eigenvalue weighted by Crippen LogP contribution is -2.12. The predicted molar refractivity (Wildman–Crippen MR) is 108 cm³/mol. The Hall–Kier alpha value is -2.85. The van der Waals surface area contributed by atoms with Crippen LogP contribution < -0.4 is 0 Å². The molecule has 3 rings (SSSR count). The van der Waals surface area contributed by atoms with Crippen LogP contribution in [0.4, 0.5) is 0 Å². The van der Waals surface area contributed by atoms with Crippen molar-refractivity contribution in [1.82, 2.24) is 9.55 Å². The highest BCUT2D eigenvalue weighted by Crippen LogP contribution is 2.24. The largest absolute Gasteiger partial charge is 0.501 e. The second-order valence-corrected chi connectivity index (χ2v) is 6.83. The van der Waals surface area contributed by atoms with Gasteiger partial charge in [0.05, 0.1) is 31.0 Å². The molecule has 1 unspecified atom stereocenters. The molecule has 0 aliphatic heterocycles. The van der Waals surface area contributed by atoms with Crippen molar-refractivity contribution in [1.29, 1.82) is 0 Å². The molecule has 0 saturated carbocycles. The number of allylic oxidation sites excluding steroid dienone is 1. The summed E-state index contributed by atoms with van der Waals surface area (Å²) in [5.74, 6) is 0.746. The molecule has 4 heteroatoms. The van der Waals surface area contributed by atoms with Crippen molar-refractivity contribution in [3.05, 3.63) is 90.1 Å². The van der Waals surface area contributed by atoms with Crippen molar-refractivity contribution in [3.8, 4) is 11.3 Å². The predicted octanol–water partition coefficient (Wildman–Crippen LogP) is 4.22. The van der Waals surface area contributed by atoms with E-state index in [2.05, 4.69) is 52.5 Å². The Balaban J connectivity index is 1.90. The van der Waals surface area contributed by atoms with E-state index in [0.29, 0.717) is 19.4 Å². The van der Waals surface area contributed by atoms with E-state index in [9.17, 15) is 5.11 Å². The number of nitrogens with zero attached hydrogens (tertiary/aromatic N) is 2. The number of aliphatic hydroxyl groups is 1. The second kappa shape index (κ2) is 8.69. The number of benzene rings is 2. The Morgan fingerprint density at radius 3 is 2.59 bits per heavy atom. The number of aliphatic hydroxyl groups excluding tert-OH is 1. The van der Waals surface area contributed by atoms with E-state index in [1.54, 1.807) is 7.11 Å². The van der Waals surface area contributed by atoms with Gasteiger partial charge in [-0.25, -0.2) is 4.98 Å². The Morgan fingerprint density at radius 2 is 1.89 bits per heavy atom. The number of aromatic nitrogens is 2. The summed E-state index contributed by atoms with van der Waals surface area (Å²) in [6.07, 6.45) is 2.69. The van der Waals surface area contributed by atoms with Gasteiger partial charge in [-0.15, -0.1) is 0 Å². The molecule has 0 aliphatic carbocycles. The van der Waals surface area contributed by atoms with Crippen LogP contribution in [-0.2, 0) is 24.1 Å². The summed E-state index contributed by atoms with van der Waals surface area (Å²) < 4.78 is 7.31. The molecule has 1 heterocycles. The number of hydrogen-bond donors (Lipinski definition) is 1. The van der Waals surface area contributed by atoms with E-state index in [1.165, 1.54) is 11.1 Å². The minimum absolute atomic E-state index is 0.431. The maximum absolute atomic E-state index is 9.99. The van der Waals surface area contributed by atoms with Crippen LogP contribution in [0.15, 0.2) is 73.3 Å². The molecule has 140 valence electrons. The summed E-state index contributed by atoms with van der Waals surface area (Å²) >= 11 is 0. The lowest BCUT2D eigenvalue weighted by molar-refractivity contribution is 0.193. The summed E-state index contributed by atoms with van der Waals surface area (Å²) in [4.78, 5) is 4.64. The molecule has 0 amide bonds. The first-order valence-electron chi connectivity index (χ1n) is 9.14. The molecule has 1 aromatic heterocycles. The van der Waals surface area contributed by atoms with Gasteiger partial charge in [0.2, 0.25) is 0 Å². The molecule has 0 bridgehead atoms. The molecule has 3 aromatic rings. The normalized spacial score (nSPS) is 12.0. The third-order valence-electron chi connectivity index (χ3n) is 4.52. The smallest absolute Gasteiger partial charge is 0.0959 e. The van der Waals surface area contributed by atoms with Gasteiger partial charge in [-0.2, -0.15) is 0 Å². The average molecular weight is 362 g/mol. The van der Waals surface area contributed by atoms with Gasteiger partial charge in [-0.3, -0.25) is 0 Å². The Labute approximate surface area is 160 Å². The molecule has 0 fully saturated rings. The van der Waals surface area contributed by atoms with Gasteiger partial charge >= 0.3 is 0 Å². The number of rotatable bonds is 8. The van der Waals surface area contributed by atoms with Crippen molar-refractivity contribution in [2.75, 3.05) is 7.11 Å². The van der Waals surface area contributed by atoms with Gasteiger partial charge in [0.15, 0.2) is 0 Å². The fourth-order valence-corrected chi connectivity index (χ4v) is 3.21. The van der Waals surface area contributed by atoms with E-state index in [1.807, 2.05) is 31.5 Å². The quantitative estimate of drug-likeness (QED) is 0.610. The second-order valence-electron chi connectivity index (χ2n) is 6.83. The SMILES string of the molecule is C=C(Cc1cccc(Cn2cnc(-c3ccccc3)c2CC(C)O)c1)OC. The third kappa shape index (κ3) is 4.86. The minimum Gasteiger partial charge on any atom is -0.501 e. The number of imidazole rings is 1. The van der Waals surface area contributed by atoms with Gasteiger partial charge in [0, 0.05) is 30.6 Å². The van der Waals surface area contributed by atoms with Crippen LogP contribution in [0.1, 0.15) is 23.7 Å². The lowest BCUT2D eigenvalue weighted by Gasteiger charge is -2.13. The number of methoxy groups -OCH3 is 1. The zero-order valence-corrected chi connectivity index (χ0v) is 15.9. The zero-order chi connectivity index (χ0) is 19.2. The molecule has 1 N–H and O–H groups in total. The van der Waals surface area contributed by atoms with E-state index in [0.717, 1.165) is 22.7 Å². The van der Waals surface area contributed by atoms with Crippen molar-refractivity contribution >= 4 is 0 Å². The fourth-order valence-electron chi connectivity index (χ4n) is 3.21. The van der Waals surface area contributed by atoms with Crippen LogP contribution in [0, 0.1) is 0 Å². The maximum atomic E-state index is 9.99. The monoisotopic (exact) mass is 362 g/mol. The van der Waals surface area contributed by atoms with Gasteiger partial charge in [0.1, 0.15) is 0 Å². The first-order valence-corrected chi connectivity index (χ1v) is 9.14. The van der Waals surface area contributed by atoms with Crippen molar-refractivity contribution in [2.45, 2.75) is 32.4 Å². The summed E-state index contributed by atoms with van der Waals surface area (Å²) in [7, 11) is 1.64. The highest BCUT2D eigenvalue weighted by molar-refractivity contribution is 5.62. The van der Waals surface area contributed by atoms with Crippen molar-refractivity contribution in [2.24, 2.45) is 0 Å². The standard InChI is InChI=1S/C23H26N2O2/c1-17(26)12-22-23(21-10-5-4-6-11-21)24-16-25(22)15-20-9-7-8-19(14-20)13-18(2)27-3/h4-11,14,16-17,26H,2,12-13,15H2,1,3H3. The molecular weight excluding hydrogens is 336 g/mol. The third-order valence-corrected chi connectivity index (χ3v) is 4.52. The molecule has 0 saturated heterocycles. The molecule has 0 spiro atoms. The molecule has 0 aliphatic rings. The molecule has 2 aromatic carbocycles. The fraction of sp³-hybridized carbons (Fsp3) is 0.261. The van der Waals surface area contributed by atoms with Crippen LogP contribution in [0.3, 0.4) is 0 Å². The van der Waals surface area contributed by atoms with Gasteiger partial charge < -0.3 is 14.4 Å². The van der Waals surface area contributed by atoms with Crippen molar-refractivity contribution < 1.29 is 9.84 Å². The number of hydrogen-bond acceptors (Lipinski definition) is 3. The molecule has 1 atom stereocenters. The maximum Gasteiger partial charge on any atom is 0.0959 e.